The number of methoxy groups -OCH3 is 1. The lowest BCUT2D eigenvalue weighted by molar-refractivity contribution is -0.137. The van der Waals surface area contributed by atoms with Crippen molar-refractivity contribution in [1.29, 1.82) is 0 Å². The summed E-state index contributed by atoms with van der Waals surface area (Å²) >= 11 is 1.72. The second-order valence-electron chi connectivity index (χ2n) is 8.54. The SMILES string of the molecule is CCC1=C(C(=O)OC)[C@@H](c2cccc(NC(=O)c3ccc4ccccc4c3)c2)N2CCCSC2=N1. The van der Waals surface area contributed by atoms with Gasteiger partial charge in [-0.2, -0.15) is 0 Å². The van der Waals surface area contributed by atoms with Gasteiger partial charge in [-0.1, -0.05) is 61.2 Å². The molecule has 0 aliphatic carbocycles. The fourth-order valence-corrected chi connectivity index (χ4v) is 5.67. The van der Waals surface area contributed by atoms with Gasteiger partial charge in [0.15, 0.2) is 5.17 Å². The molecule has 178 valence electrons. The third-order valence-electron chi connectivity index (χ3n) is 6.36. The minimum absolute atomic E-state index is 0.176. The number of benzene rings is 3. The molecule has 0 unspecified atom stereocenters. The second-order valence-corrected chi connectivity index (χ2v) is 9.60. The number of carbonyl (C=O) groups is 2. The Bertz CT molecular complexity index is 1360. The molecule has 0 aromatic heterocycles. The van der Waals surface area contributed by atoms with Gasteiger partial charge in [-0.3, -0.25) is 4.79 Å². The van der Waals surface area contributed by atoms with Crippen LogP contribution in [0.3, 0.4) is 0 Å². The highest BCUT2D eigenvalue weighted by molar-refractivity contribution is 8.13. The monoisotopic (exact) mass is 485 g/mol. The summed E-state index contributed by atoms with van der Waals surface area (Å²) in [6, 6.07) is 21.1. The minimum Gasteiger partial charge on any atom is -0.466 e. The van der Waals surface area contributed by atoms with Crippen LogP contribution >= 0.6 is 11.8 Å². The number of esters is 1. The van der Waals surface area contributed by atoms with Crippen molar-refractivity contribution in [2.75, 3.05) is 24.7 Å². The van der Waals surface area contributed by atoms with Crippen LogP contribution in [0.4, 0.5) is 5.69 Å². The van der Waals surface area contributed by atoms with Crippen LogP contribution in [0, 0.1) is 0 Å². The molecule has 6 nitrogen and oxygen atoms in total. The molecule has 35 heavy (non-hydrogen) atoms. The second kappa shape index (κ2) is 9.96. The Balaban J connectivity index is 1.48. The van der Waals surface area contributed by atoms with Crippen LogP contribution in [0.5, 0.6) is 0 Å². The third-order valence-corrected chi connectivity index (χ3v) is 7.44. The number of nitrogens with one attached hydrogen (secondary N) is 1. The standard InChI is InChI=1S/C28H27N3O3S/c1-3-23-24(27(33)34-2)25(31-14-7-15-35-28(31)30-23)20-10-6-11-22(17-20)29-26(32)21-13-12-18-8-4-5-9-19(18)16-21/h4-6,8-13,16-17,25H,3,7,14-15H2,1-2H3,(H,29,32)/t25-/m1/s1. The number of amidine groups is 1. The largest absolute Gasteiger partial charge is 0.466 e. The van der Waals surface area contributed by atoms with E-state index in [1.165, 1.54) is 7.11 Å². The van der Waals surface area contributed by atoms with Crippen LogP contribution in [0.15, 0.2) is 83.0 Å². The van der Waals surface area contributed by atoms with Crippen molar-refractivity contribution in [3.05, 3.63) is 89.1 Å². The molecule has 0 saturated carbocycles. The van der Waals surface area contributed by atoms with Crippen LogP contribution in [0.25, 0.3) is 10.8 Å². The van der Waals surface area contributed by atoms with Gasteiger partial charge in [-0.25, -0.2) is 9.79 Å². The number of nitrogens with zero attached hydrogens (tertiary/aromatic N) is 2. The molecule has 1 fully saturated rings. The van der Waals surface area contributed by atoms with E-state index in [9.17, 15) is 9.59 Å². The molecule has 1 amide bonds. The minimum atomic E-state index is -0.365. The molecule has 3 aromatic rings. The van der Waals surface area contributed by atoms with Gasteiger partial charge in [-0.05, 0) is 53.4 Å². The summed E-state index contributed by atoms with van der Waals surface area (Å²) in [6.07, 6.45) is 1.64. The summed E-state index contributed by atoms with van der Waals surface area (Å²) in [4.78, 5) is 32.9. The molecule has 0 bridgehead atoms. The number of fused-ring (bicyclic) bond motifs is 2. The van der Waals surface area contributed by atoms with Gasteiger partial charge in [-0.15, -0.1) is 0 Å². The van der Waals surface area contributed by atoms with E-state index in [0.29, 0.717) is 23.2 Å². The molecule has 2 aliphatic rings. The topological polar surface area (TPSA) is 71.0 Å². The summed E-state index contributed by atoms with van der Waals surface area (Å²) < 4.78 is 5.17. The highest BCUT2D eigenvalue weighted by Gasteiger charge is 2.38. The van der Waals surface area contributed by atoms with E-state index in [2.05, 4.69) is 10.2 Å². The van der Waals surface area contributed by atoms with Crippen LogP contribution in [-0.2, 0) is 9.53 Å². The van der Waals surface area contributed by atoms with E-state index in [1.807, 2.05) is 73.7 Å². The van der Waals surface area contributed by atoms with Gasteiger partial charge in [0.25, 0.3) is 5.91 Å². The van der Waals surface area contributed by atoms with E-state index in [4.69, 9.17) is 9.73 Å². The van der Waals surface area contributed by atoms with Crippen molar-refractivity contribution < 1.29 is 14.3 Å². The fourth-order valence-electron chi connectivity index (χ4n) is 4.68. The van der Waals surface area contributed by atoms with E-state index in [0.717, 1.165) is 45.9 Å². The summed E-state index contributed by atoms with van der Waals surface area (Å²) in [6.45, 7) is 2.81. The predicted octanol–water partition coefficient (Wildman–Crippen LogP) is 5.78. The molecule has 1 saturated heterocycles. The Labute approximate surface area is 209 Å². The first-order valence-electron chi connectivity index (χ1n) is 11.8. The number of amides is 1. The third kappa shape index (κ3) is 4.56. The number of anilines is 1. The molecule has 2 aliphatic heterocycles. The number of carbonyl (C=O) groups excluding carboxylic acids is 2. The summed E-state index contributed by atoms with van der Waals surface area (Å²) in [5, 5.41) is 6.08. The first kappa shape index (κ1) is 23.2. The van der Waals surface area contributed by atoms with Crippen LogP contribution < -0.4 is 5.32 Å². The molecular formula is C28H27N3O3S. The number of hydrogen-bond donors (Lipinski definition) is 1. The lowest BCUT2D eigenvalue weighted by atomic mass is 9.93. The van der Waals surface area contributed by atoms with Crippen molar-refractivity contribution >= 4 is 45.3 Å². The lowest BCUT2D eigenvalue weighted by Crippen LogP contribution is -2.42. The van der Waals surface area contributed by atoms with E-state index in [-0.39, 0.29) is 17.9 Å². The van der Waals surface area contributed by atoms with Crippen molar-refractivity contribution in [3.63, 3.8) is 0 Å². The first-order valence-corrected chi connectivity index (χ1v) is 12.8. The average Bonchev–Trinajstić information content (AvgIpc) is 2.91. The maximum atomic E-state index is 13.1. The van der Waals surface area contributed by atoms with Gasteiger partial charge in [0.1, 0.15) is 0 Å². The number of allylic oxidation sites excluding steroid dienone is 1. The molecule has 0 radical (unpaired) electrons. The van der Waals surface area contributed by atoms with Crippen molar-refractivity contribution in [3.8, 4) is 0 Å². The maximum absolute atomic E-state index is 13.1. The van der Waals surface area contributed by atoms with Crippen molar-refractivity contribution in [1.82, 2.24) is 4.90 Å². The van der Waals surface area contributed by atoms with Gasteiger partial charge in [0, 0.05) is 23.5 Å². The summed E-state index contributed by atoms with van der Waals surface area (Å²) in [5.41, 5.74) is 3.52. The predicted molar refractivity (Wildman–Crippen MR) is 142 cm³/mol. The van der Waals surface area contributed by atoms with E-state index in [1.54, 1.807) is 11.8 Å². The van der Waals surface area contributed by atoms with Crippen LogP contribution in [-0.4, -0.2) is 41.4 Å². The zero-order valence-corrected chi connectivity index (χ0v) is 20.6. The zero-order valence-electron chi connectivity index (χ0n) is 19.8. The number of ether oxygens (including phenoxy) is 1. The molecule has 0 spiro atoms. The normalized spacial score (nSPS) is 17.6. The Morgan fingerprint density at radius 3 is 2.71 bits per heavy atom. The summed E-state index contributed by atoms with van der Waals surface area (Å²) in [7, 11) is 1.41. The van der Waals surface area contributed by atoms with Gasteiger partial charge in [0.05, 0.1) is 24.4 Å². The summed E-state index contributed by atoms with van der Waals surface area (Å²) in [5.74, 6) is 0.468. The van der Waals surface area contributed by atoms with E-state index < -0.39 is 0 Å². The smallest absolute Gasteiger partial charge is 0.338 e. The molecule has 1 N–H and O–H groups in total. The zero-order chi connectivity index (χ0) is 24.4. The van der Waals surface area contributed by atoms with Crippen LogP contribution in [0.1, 0.15) is 41.7 Å². The Hall–Kier alpha value is -3.58. The highest BCUT2D eigenvalue weighted by Crippen LogP contribution is 2.41. The number of aliphatic imine (C=N–C) groups is 1. The number of thioether (sulfide) groups is 1. The van der Waals surface area contributed by atoms with Gasteiger partial charge < -0.3 is 15.0 Å². The van der Waals surface area contributed by atoms with Gasteiger partial charge >= 0.3 is 5.97 Å². The van der Waals surface area contributed by atoms with Gasteiger partial charge in [0.2, 0.25) is 0 Å². The van der Waals surface area contributed by atoms with Crippen LogP contribution in [0.2, 0.25) is 0 Å². The lowest BCUT2D eigenvalue weighted by Gasteiger charge is -2.40. The molecule has 5 rings (SSSR count). The average molecular weight is 486 g/mol. The Morgan fingerprint density at radius 2 is 1.91 bits per heavy atom. The Kier molecular flexibility index (Phi) is 6.59. The molecule has 1 atom stereocenters. The first-order chi connectivity index (χ1) is 17.1. The van der Waals surface area contributed by atoms with E-state index >= 15 is 0 Å². The molecule has 7 heteroatoms. The fraction of sp³-hybridized carbons (Fsp3) is 0.250. The van der Waals surface area contributed by atoms with Crippen molar-refractivity contribution in [2.24, 2.45) is 4.99 Å². The molecule has 2 heterocycles. The maximum Gasteiger partial charge on any atom is 0.338 e. The highest BCUT2D eigenvalue weighted by atomic mass is 32.2. The Morgan fingerprint density at radius 1 is 1.09 bits per heavy atom. The number of rotatable bonds is 5. The van der Waals surface area contributed by atoms with Crippen molar-refractivity contribution in [2.45, 2.75) is 25.8 Å². The quantitative estimate of drug-likeness (QED) is 0.464. The molecule has 3 aromatic carbocycles. The molecular weight excluding hydrogens is 458 g/mol. The number of hydrogen-bond acceptors (Lipinski definition) is 6.